The van der Waals surface area contributed by atoms with Crippen LogP contribution in [0, 0.1) is 5.92 Å². The lowest BCUT2D eigenvalue weighted by Crippen LogP contribution is -2.20. The first-order valence-electron chi connectivity index (χ1n) is 14.4. The van der Waals surface area contributed by atoms with Crippen molar-refractivity contribution in [2.45, 2.75) is 59.3 Å². The van der Waals surface area contributed by atoms with Crippen molar-refractivity contribution in [3.05, 3.63) is 89.5 Å². The molecule has 0 aliphatic heterocycles. The lowest BCUT2D eigenvalue weighted by Gasteiger charge is -2.18. The number of esters is 1. The molecule has 5 nitrogen and oxygen atoms in total. The number of hydrogen-bond donors (Lipinski definition) is 2. The average molecular weight is 545 g/mol. The Morgan fingerprint density at radius 2 is 1.52 bits per heavy atom. The fraction of sp³-hybridized carbons (Fsp3) is 0.400. The molecule has 0 amide bonds. The summed E-state index contributed by atoms with van der Waals surface area (Å²) in [7, 11) is 0. The number of aliphatic hydroxyl groups is 2. The highest BCUT2D eigenvalue weighted by atomic mass is 16.5. The number of rotatable bonds is 16. The molecule has 0 fully saturated rings. The Labute approximate surface area is 239 Å². The molecular formula is C35H44O5. The summed E-state index contributed by atoms with van der Waals surface area (Å²) in [6.07, 6.45) is 6.21. The molecule has 2 N–H and O–H groups in total. The zero-order valence-electron chi connectivity index (χ0n) is 24.2. The third-order valence-electron chi connectivity index (χ3n) is 7.16. The van der Waals surface area contributed by atoms with Crippen LogP contribution in [0.5, 0.6) is 5.75 Å². The summed E-state index contributed by atoms with van der Waals surface area (Å²) < 4.78 is 11.3. The summed E-state index contributed by atoms with van der Waals surface area (Å²) in [5.74, 6) is -0.133. The summed E-state index contributed by atoms with van der Waals surface area (Å²) in [6.45, 7) is 9.73. The SMILES string of the molecule is C=C(C)C(=O)OCCc1cc(-c2ccc(-c3ccc(CCCCC)cc3)cc2CC)ccc1OCC(CO)CO. The van der Waals surface area contributed by atoms with E-state index in [9.17, 15) is 15.0 Å². The van der Waals surface area contributed by atoms with E-state index >= 15 is 0 Å². The number of aliphatic hydroxyl groups excluding tert-OH is 2. The summed E-state index contributed by atoms with van der Waals surface area (Å²) >= 11 is 0. The molecule has 0 bridgehead atoms. The molecule has 0 saturated carbocycles. The summed E-state index contributed by atoms with van der Waals surface area (Å²) in [5, 5.41) is 18.9. The van der Waals surface area contributed by atoms with E-state index in [0.717, 1.165) is 29.5 Å². The Hall–Kier alpha value is -3.41. The van der Waals surface area contributed by atoms with Gasteiger partial charge >= 0.3 is 5.97 Å². The van der Waals surface area contributed by atoms with Crippen molar-refractivity contribution in [3.8, 4) is 28.0 Å². The van der Waals surface area contributed by atoms with Gasteiger partial charge in [0.25, 0.3) is 0 Å². The minimum Gasteiger partial charge on any atom is -0.493 e. The Morgan fingerprint density at radius 1 is 0.850 bits per heavy atom. The molecule has 214 valence electrons. The van der Waals surface area contributed by atoms with E-state index in [1.54, 1.807) is 6.92 Å². The van der Waals surface area contributed by atoms with Crippen LogP contribution in [0.4, 0.5) is 0 Å². The van der Waals surface area contributed by atoms with Crippen LogP contribution < -0.4 is 4.74 Å². The Kier molecular flexibility index (Phi) is 12.4. The molecule has 3 aromatic carbocycles. The molecule has 0 saturated heterocycles. The van der Waals surface area contributed by atoms with Gasteiger partial charge in [-0.25, -0.2) is 4.79 Å². The molecule has 0 unspecified atom stereocenters. The van der Waals surface area contributed by atoms with Gasteiger partial charge in [0.2, 0.25) is 0 Å². The Bertz CT molecular complexity index is 1240. The minimum absolute atomic E-state index is 0.159. The highest BCUT2D eigenvalue weighted by Gasteiger charge is 2.14. The first-order valence-corrected chi connectivity index (χ1v) is 14.4. The van der Waals surface area contributed by atoms with Gasteiger partial charge in [-0.15, -0.1) is 0 Å². The zero-order chi connectivity index (χ0) is 28.9. The van der Waals surface area contributed by atoms with Crippen LogP contribution in [-0.4, -0.2) is 42.6 Å². The van der Waals surface area contributed by atoms with Crippen LogP contribution in [0.25, 0.3) is 22.3 Å². The van der Waals surface area contributed by atoms with Gasteiger partial charge in [-0.05, 0) is 77.3 Å². The molecule has 0 radical (unpaired) electrons. The number of aryl methyl sites for hydroxylation is 2. The molecule has 0 aromatic heterocycles. The van der Waals surface area contributed by atoms with Crippen LogP contribution in [0.15, 0.2) is 72.8 Å². The number of carbonyl (C=O) groups excluding carboxylic acids is 1. The third kappa shape index (κ3) is 8.80. The standard InChI is InChI=1S/C35H44O5/c1-5-7-8-9-26-10-12-29(13-11-26)30-14-16-33(28(6-2)20-30)31-15-17-34(40-24-27(22-36)23-37)32(21-31)18-19-39-35(38)25(3)4/h10-17,20-21,27,36-37H,3,5-9,18-19,22-24H2,1-2,4H3. The summed E-state index contributed by atoms with van der Waals surface area (Å²) in [4.78, 5) is 11.9. The van der Waals surface area contributed by atoms with E-state index in [1.165, 1.54) is 41.5 Å². The van der Waals surface area contributed by atoms with Crippen molar-refractivity contribution >= 4 is 5.97 Å². The van der Waals surface area contributed by atoms with E-state index in [-0.39, 0.29) is 32.3 Å². The smallest absolute Gasteiger partial charge is 0.333 e. The highest BCUT2D eigenvalue weighted by molar-refractivity contribution is 5.86. The molecule has 0 aliphatic carbocycles. The molecule has 40 heavy (non-hydrogen) atoms. The average Bonchev–Trinajstić information content (AvgIpc) is 2.98. The Balaban J connectivity index is 1.86. The minimum atomic E-state index is -0.419. The van der Waals surface area contributed by atoms with E-state index < -0.39 is 5.97 Å². The molecule has 0 heterocycles. The first kappa shape index (κ1) is 31.1. The maximum absolute atomic E-state index is 11.9. The molecule has 0 spiro atoms. The van der Waals surface area contributed by atoms with E-state index in [0.29, 0.717) is 17.7 Å². The van der Waals surface area contributed by atoms with E-state index in [4.69, 9.17) is 9.47 Å². The van der Waals surface area contributed by atoms with Crippen molar-refractivity contribution in [3.63, 3.8) is 0 Å². The number of benzene rings is 3. The summed E-state index contributed by atoms with van der Waals surface area (Å²) in [6, 6.07) is 21.6. The number of ether oxygens (including phenoxy) is 2. The maximum atomic E-state index is 11.9. The third-order valence-corrected chi connectivity index (χ3v) is 7.16. The molecule has 3 aromatic rings. The largest absolute Gasteiger partial charge is 0.493 e. The molecule has 0 aliphatic rings. The predicted molar refractivity (Wildman–Crippen MR) is 163 cm³/mol. The number of hydrogen-bond acceptors (Lipinski definition) is 5. The van der Waals surface area contributed by atoms with Crippen LogP contribution >= 0.6 is 0 Å². The Morgan fingerprint density at radius 3 is 2.17 bits per heavy atom. The van der Waals surface area contributed by atoms with Gasteiger partial charge in [0.05, 0.1) is 26.4 Å². The number of unbranched alkanes of at least 4 members (excludes halogenated alkanes) is 2. The van der Waals surface area contributed by atoms with E-state index in [2.05, 4.69) is 69.0 Å². The van der Waals surface area contributed by atoms with Crippen molar-refractivity contribution in [1.82, 2.24) is 0 Å². The quantitative estimate of drug-likeness (QED) is 0.116. The monoisotopic (exact) mass is 544 g/mol. The highest BCUT2D eigenvalue weighted by Crippen LogP contribution is 2.33. The number of carbonyl (C=O) groups is 1. The van der Waals surface area contributed by atoms with Crippen molar-refractivity contribution in [1.29, 1.82) is 0 Å². The van der Waals surface area contributed by atoms with Gasteiger partial charge in [-0.3, -0.25) is 0 Å². The van der Waals surface area contributed by atoms with E-state index in [1.807, 2.05) is 12.1 Å². The van der Waals surface area contributed by atoms with Crippen molar-refractivity contribution < 1.29 is 24.5 Å². The molecule has 3 rings (SSSR count). The van der Waals surface area contributed by atoms with Gasteiger partial charge in [0.15, 0.2) is 0 Å². The van der Waals surface area contributed by atoms with Crippen LogP contribution in [0.3, 0.4) is 0 Å². The summed E-state index contributed by atoms with van der Waals surface area (Å²) in [5.41, 5.74) is 8.51. The maximum Gasteiger partial charge on any atom is 0.333 e. The van der Waals surface area contributed by atoms with Gasteiger partial charge in [0.1, 0.15) is 5.75 Å². The lowest BCUT2D eigenvalue weighted by atomic mass is 9.92. The lowest BCUT2D eigenvalue weighted by molar-refractivity contribution is -0.138. The van der Waals surface area contributed by atoms with Crippen molar-refractivity contribution in [2.75, 3.05) is 26.4 Å². The second kappa shape index (κ2) is 16.0. The van der Waals surface area contributed by atoms with Crippen molar-refractivity contribution in [2.24, 2.45) is 5.92 Å². The molecular weight excluding hydrogens is 500 g/mol. The van der Waals surface area contributed by atoms with Crippen LogP contribution in [-0.2, 0) is 28.8 Å². The van der Waals surface area contributed by atoms with Gasteiger partial charge < -0.3 is 19.7 Å². The van der Waals surface area contributed by atoms with Crippen LogP contribution in [0.2, 0.25) is 0 Å². The van der Waals surface area contributed by atoms with Gasteiger partial charge in [-0.1, -0.05) is 81.8 Å². The predicted octanol–water partition coefficient (Wildman–Crippen LogP) is 6.96. The molecule has 5 heteroatoms. The first-order chi connectivity index (χ1) is 19.4. The van der Waals surface area contributed by atoms with Crippen LogP contribution in [0.1, 0.15) is 56.7 Å². The van der Waals surface area contributed by atoms with Gasteiger partial charge in [0, 0.05) is 17.9 Å². The normalized spacial score (nSPS) is 11.1. The van der Waals surface area contributed by atoms with Gasteiger partial charge in [-0.2, -0.15) is 0 Å². The second-order valence-electron chi connectivity index (χ2n) is 10.4. The zero-order valence-corrected chi connectivity index (χ0v) is 24.2. The molecule has 0 atom stereocenters. The fourth-order valence-corrected chi connectivity index (χ4v) is 4.62. The topological polar surface area (TPSA) is 76.0 Å². The fourth-order valence-electron chi connectivity index (χ4n) is 4.62. The second-order valence-corrected chi connectivity index (χ2v) is 10.4.